The quantitative estimate of drug-likeness (QED) is 0.790. The smallest absolute Gasteiger partial charge is 0.271 e. The lowest BCUT2D eigenvalue weighted by Gasteiger charge is -2.30. The summed E-state index contributed by atoms with van der Waals surface area (Å²) in [6.07, 6.45) is 1.52. The molecule has 0 aliphatic carbocycles. The maximum Gasteiger partial charge on any atom is 0.271 e. The number of hydrogen-bond donors (Lipinski definition) is 2. The van der Waals surface area contributed by atoms with Crippen molar-refractivity contribution in [1.82, 2.24) is 20.0 Å². The third-order valence-corrected chi connectivity index (χ3v) is 3.36. The molecule has 20 heavy (non-hydrogen) atoms. The SMILES string of the molecule is CCn1ncc(N)c1C(=O)NCCN(C(C)C)C(C)C. The van der Waals surface area contributed by atoms with Gasteiger partial charge in [0.2, 0.25) is 0 Å². The molecule has 0 spiro atoms. The average molecular weight is 281 g/mol. The number of nitrogen functional groups attached to an aromatic ring is 1. The van der Waals surface area contributed by atoms with E-state index in [-0.39, 0.29) is 5.91 Å². The molecule has 0 radical (unpaired) electrons. The molecular formula is C14H27N5O. The van der Waals surface area contributed by atoms with Gasteiger partial charge in [-0.3, -0.25) is 14.4 Å². The molecule has 1 rings (SSSR count). The van der Waals surface area contributed by atoms with Gasteiger partial charge in [0.05, 0.1) is 11.9 Å². The number of nitrogens with two attached hydrogens (primary N) is 1. The van der Waals surface area contributed by atoms with Gasteiger partial charge in [0.15, 0.2) is 0 Å². The second-order valence-electron chi connectivity index (χ2n) is 5.45. The van der Waals surface area contributed by atoms with Gasteiger partial charge in [0.25, 0.3) is 5.91 Å². The van der Waals surface area contributed by atoms with Gasteiger partial charge in [-0.25, -0.2) is 0 Å². The van der Waals surface area contributed by atoms with Crippen LogP contribution in [0.15, 0.2) is 6.20 Å². The average Bonchev–Trinajstić information content (AvgIpc) is 2.74. The predicted octanol–water partition coefficient (Wildman–Crippen LogP) is 1.33. The highest BCUT2D eigenvalue weighted by Gasteiger charge is 2.17. The van der Waals surface area contributed by atoms with Crippen LogP contribution in [0.1, 0.15) is 45.1 Å². The molecule has 1 aromatic heterocycles. The van der Waals surface area contributed by atoms with Crippen molar-refractivity contribution in [3.63, 3.8) is 0 Å². The molecular weight excluding hydrogens is 254 g/mol. The number of aryl methyl sites for hydroxylation is 1. The van der Waals surface area contributed by atoms with E-state index in [1.54, 1.807) is 4.68 Å². The van der Waals surface area contributed by atoms with E-state index in [0.717, 1.165) is 6.54 Å². The largest absolute Gasteiger partial charge is 0.396 e. The molecule has 0 bridgehead atoms. The van der Waals surface area contributed by atoms with E-state index in [2.05, 4.69) is 43.0 Å². The summed E-state index contributed by atoms with van der Waals surface area (Å²) in [7, 11) is 0. The van der Waals surface area contributed by atoms with Crippen molar-refractivity contribution in [3.05, 3.63) is 11.9 Å². The Hall–Kier alpha value is -1.56. The van der Waals surface area contributed by atoms with Gasteiger partial charge in [0, 0.05) is 31.7 Å². The Balaban J connectivity index is 2.57. The summed E-state index contributed by atoms with van der Waals surface area (Å²) >= 11 is 0. The number of nitrogens with zero attached hydrogens (tertiary/aromatic N) is 3. The molecule has 0 atom stereocenters. The highest BCUT2D eigenvalue weighted by Crippen LogP contribution is 2.10. The molecule has 1 heterocycles. The van der Waals surface area contributed by atoms with E-state index < -0.39 is 0 Å². The normalized spacial score (nSPS) is 11.6. The minimum Gasteiger partial charge on any atom is -0.396 e. The zero-order valence-electron chi connectivity index (χ0n) is 13.2. The summed E-state index contributed by atoms with van der Waals surface area (Å²) < 4.78 is 1.62. The van der Waals surface area contributed by atoms with Crippen LogP contribution in [0.4, 0.5) is 5.69 Å². The Morgan fingerprint density at radius 1 is 1.40 bits per heavy atom. The van der Waals surface area contributed by atoms with E-state index in [0.29, 0.717) is 36.6 Å². The van der Waals surface area contributed by atoms with Gasteiger partial charge in [-0.05, 0) is 34.6 Å². The molecule has 6 heteroatoms. The van der Waals surface area contributed by atoms with Crippen molar-refractivity contribution in [2.24, 2.45) is 0 Å². The third-order valence-electron chi connectivity index (χ3n) is 3.36. The van der Waals surface area contributed by atoms with Crippen LogP contribution in [-0.2, 0) is 6.54 Å². The van der Waals surface area contributed by atoms with Crippen LogP contribution in [0.2, 0.25) is 0 Å². The van der Waals surface area contributed by atoms with Crippen molar-refractivity contribution in [2.75, 3.05) is 18.8 Å². The second kappa shape index (κ2) is 7.28. The standard InChI is InChI=1S/C14H27N5O/c1-6-19-13(12(15)9-17-19)14(20)16-7-8-18(10(2)3)11(4)5/h9-11H,6-8,15H2,1-5H3,(H,16,20). The first kappa shape index (κ1) is 16.5. The summed E-state index contributed by atoms with van der Waals surface area (Å²) in [6, 6.07) is 0.913. The van der Waals surface area contributed by atoms with E-state index in [1.807, 2.05) is 6.92 Å². The van der Waals surface area contributed by atoms with Crippen molar-refractivity contribution in [1.29, 1.82) is 0 Å². The van der Waals surface area contributed by atoms with Crippen LogP contribution in [0.25, 0.3) is 0 Å². The maximum absolute atomic E-state index is 12.2. The molecule has 6 nitrogen and oxygen atoms in total. The molecule has 1 aromatic rings. The number of nitrogens with one attached hydrogen (secondary N) is 1. The number of aromatic nitrogens is 2. The van der Waals surface area contributed by atoms with Crippen molar-refractivity contribution in [2.45, 2.75) is 53.2 Å². The first-order valence-electron chi connectivity index (χ1n) is 7.23. The fourth-order valence-electron chi connectivity index (χ4n) is 2.38. The lowest BCUT2D eigenvalue weighted by Crippen LogP contribution is -2.42. The summed E-state index contributed by atoms with van der Waals surface area (Å²) in [5.74, 6) is -0.158. The predicted molar refractivity (Wildman–Crippen MR) is 81.6 cm³/mol. The molecule has 0 aliphatic rings. The molecule has 0 saturated carbocycles. The summed E-state index contributed by atoms with van der Waals surface area (Å²) in [5.41, 5.74) is 6.67. The minimum absolute atomic E-state index is 0.158. The summed E-state index contributed by atoms with van der Waals surface area (Å²) in [6.45, 7) is 12.6. The molecule has 114 valence electrons. The van der Waals surface area contributed by atoms with Crippen LogP contribution in [-0.4, -0.2) is 45.8 Å². The Morgan fingerprint density at radius 3 is 2.50 bits per heavy atom. The van der Waals surface area contributed by atoms with Gasteiger partial charge >= 0.3 is 0 Å². The van der Waals surface area contributed by atoms with Crippen molar-refractivity contribution < 1.29 is 4.79 Å². The van der Waals surface area contributed by atoms with Crippen LogP contribution < -0.4 is 11.1 Å². The first-order valence-corrected chi connectivity index (χ1v) is 7.23. The first-order chi connectivity index (χ1) is 9.38. The number of amides is 1. The van der Waals surface area contributed by atoms with Gasteiger partial charge in [-0.2, -0.15) is 5.10 Å². The fourth-order valence-corrected chi connectivity index (χ4v) is 2.38. The van der Waals surface area contributed by atoms with Crippen molar-refractivity contribution >= 4 is 11.6 Å². The molecule has 0 unspecified atom stereocenters. The molecule has 0 aromatic carbocycles. The van der Waals surface area contributed by atoms with Crippen LogP contribution in [0, 0.1) is 0 Å². The fraction of sp³-hybridized carbons (Fsp3) is 0.714. The summed E-state index contributed by atoms with van der Waals surface area (Å²) in [4.78, 5) is 14.5. The molecule has 0 fully saturated rings. The topological polar surface area (TPSA) is 76.2 Å². The highest BCUT2D eigenvalue weighted by atomic mass is 16.2. The zero-order valence-corrected chi connectivity index (χ0v) is 13.2. The molecule has 3 N–H and O–H groups in total. The molecule has 0 aliphatic heterocycles. The molecule has 1 amide bonds. The van der Waals surface area contributed by atoms with Crippen LogP contribution in [0.5, 0.6) is 0 Å². The van der Waals surface area contributed by atoms with Gasteiger partial charge < -0.3 is 11.1 Å². The maximum atomic E-state index is 12.2. The zero-order chi connectivity index (χ0) is 15.3. The van der Waals surface area contributed by atoms with E-state index >= 15 is 0 Å². The third kappa shape index (κ3) is 3.96. The van der Waals surface area contributed by atoms with E-state index in [9.17, 15) is 4.79 Å². The second-order valence-corrected chi connectivity index (χ2v) is 5.45. The van der Waals surface area contributed by atoms with Crippen LogP contribution in [0.3, 0.4) is 0 Å². The Kier molecular flexibility index (Phi) is 6.01. The highest BCUT2D eigenvalue weighted by molar-refractivity contribution is 5.97. The van der Waals surface area contributed by atoms with Gasteiger partial charge in [-0.1, -0.05) is 0 Å². The Morgan fingerprint density at radius 2 is 2.00 bits per heavy atom. The van der Waals surface area contributed by atoms with Crippen LogP contribution >= 0.6 is 0 Å². The van der Waals surface area contributed by atoms with Gasteiger partial charge in [0.1, 0.15) is 5.69 Å². The van der Waals surface area contributed by atoms with E-state index in [4.69, 9.17) is 5.73 Å². The lowest BCUT2D eigenvalue weighted by molar-refractivity contribution is 0.0929. The summed E-state index contributed by atoms with van der Waals surface area (Å²) in [5, 5.41) is 6.99. The number of anilines is 1. The lowest BCUT2D eigenvalue weighted by atomic mass is 10.2. The molecule has 0 saturated heterocycles. The minimum atomic E-state index is -0.158. The number of carbonyl (C=O) groups is 1. The van der Waals surface area contributed by atoms with Gasteiger partial charge in [-0.15, -0.1) is 0 Å². The number of hydrogen-bond acceptors (Lipinski definition) is 4. The number of carbonyl (C=O) groups excluding carboxylic acids is 1. The number of rotatable bonds is 7. The monoisotopic (exact) mass is 281 g/mol. The Labute approximate surface area is 121 Å². The Bertz CT molecular complexity index is 431. The van der Waals surface area contributed by atoms with Crippen molar-refractivity contribution in [3.8, 4) is 0 Å². The van der Waals surface area contributed by atoms with E-state index in [1.165, 1.54) is 6.20 Å².